The summed E-state index contributed by atoms with van der Waals surface area (Å²) in [4.78, 5) is 23.9. The summed E-state index contributed by atoms with van der Waals surface area (Å²) in [6, 6.07) is 0. The molecule has 0 aromatic carbocycles. The van der Waals surface area contributed by atoms with Gasteiger partial charge in [0.2, 0.25) is 0 Å². The van der Waals surface area contributed by atoms with Gasteiger partial charge in [0.15, 0.2) is 0 Å². The van der Waals surface area contributed by atoms with Crippen LogP contribution >= 0.6 is 0 Å². The van der Waals surface area contributed by atoms with E-state index < -0.39 is 5.60 Å². The molecule has 3 saturated carbocycles. The molecular formula is C33H52O5. The maximum Gasteiger partial charge on any atom is 0.302 e. The average Bonchev–Trinajstić information content (AvgIpc) is 3.21. The van der Waals surface area contributed by atoms with Crippen LogP contribution in [0.4, 0.5) is 0 Å². The number of esters is 2. The third-order valence-corrected chi connectivity index (χ3v) is 11.6. The Morgan fingerprint density at radius 1 is 1.05 bits per heavy atom. The molecule has 3 fully saturated rings. The van der Waals surface area contributed by atoms with Crippen molar-refractivity contribution in [1.29, 1.82) is 0 Å². The highest BCUT2D eigenvalue weighted by molar-refractivity contribution is 5.67. The molecule has 0 spiro atoms. The molecule has 38 heavy (non-hydrogen) atoms. The second-order valence-electron chi connectivity index (χ2n) is 13.5. The molecule has 4 rings (SSSR count). The zero-order valence-corrected chi connectivity index (χ0v) is 25.0. The van der Waals surface area contributed by atoms with Crippen LogP contribution in [0, 0.1) is 34.5 Å². The van der Waals surface area contributed by atoms with Crippen LogP contribution in [0.3, 0.4) is 0 Å². The molecule has 0 bridgehead atoms. The number of fused-ring (bicyclic) bond motifs is 5. The summed E-state index contributed by atoms with van der Waals surface area (Å²) in [6.07, 6.45) is 15.1. The van der Waals surface area contributed by atoms with Crippen molar-refractivity contribution in [3.8, 4) is 0 Å². The van der Waals surface area contributed by atoms with Gasteiger partial charge in [-0.3, -0.25) is 9.59 Å². The molecule has 0 aromatic rings. The Morgan fingerprint density at radius 3 is 2.37 bits per heavy atom. The molecule has 4 aliphatic carbocycles. The topological polar surface area (TPSA) is 72.8 Å². The molecule has 5 heteroatoms. The van der Waals surface area contributed by atoms with E-state index in [1.807, 2.05) is 0 Å². The minimum Gasteiger partial charge on any atom is -0.462 e. The third kappa shape index (κ3) is 5.25. The predicted octanol–water partition coefficient (Wildman–Crippen LogP) is 7.32. The minimum atomic E-state index is -0.501. The molecule has 5 nitrogen and oxygen atoms in total. The van der Waals surface area contributed by atoms with Gasteiger partial charge in [-0.1, -0.05) is 70.8 Å². The van der Waals surface area contributed by atoms with E-state index in [9.17, 15) is 14.7 Å². The number of allylic oxidation sites excluding steroid dienone is 3. The van der Waals surface area contributed by atoms with Crippen LogP contribution in [0.5, 0.6) is 0 Å². The molecule has 0 amide bonds. The van der Waals surface area contributed by atoms with Crippen LogP contribution in [-0.4, -0.2) is 34.9 Å². The molecule has 1 N–H and O–H groups in total. The Labute approximate surface area is 230 Å². The lowest BCUT2D eigenvalue weighted by Gasteiger charge is -2.57. The van der Waals surface area contributed by atoms with Gasteiger partial charge in [0, 0.05) is 32.1 Å². The van der Waals surface area contributed by atoms with Gasteiger partial charge in [-0.2, -0.15) is 0 Å². The summed E-state index contributed by atoms with van der Waals surface area (Å²) in [5.74, 6) is 1.74. The quantitative estimate of drug-likeness (QED) is 0.318. The van der Waals surface area contributed by atoms with Crippen molar-refractivity contribution >= 4 is 11.9 Å². The summed E-state index contributed by atoms with van der Waals surface area (Å²) < 4.78 is 11.6. The number of carbonyl (C=O) groups is 2. The molecular weight excluding hydrogens is 476 g/mol. The summed E-state index contributed by atoms with van der Waals surface area (Å²) in [6.45, 7) is 14.4. The molecule has 0 radical (unpaired) electrons. The van der Waals surface area contributed by atoms with Crippen molar-refractivity contribution in [1.82, 2.24) is 0 Å². The van der Waals surface area contributed by atoms with Crippen LogP contribution in [0.2, 0.25) is 0 Å². The summed E-state index contributed by atoms with van der Waals surface area (Å²) >= 11 is 0. The number of rotatable bonds is 9. The van der Waals surface area contributed by atoms with Gasteiger partial charge in [-0.25, -0.2) is 0 Å². The third-order valence-electron chi connectivity index (χ3n) is 11.6. The lowest BCUT2D eigenvalue weighted by molar-refractivity contribution is -0.165. The lowest BCUT2D eigenvalue weighted by atomic mass is 9.49. The normalized spacial score (nSPS) is 37.2. The largest absolute Gasteiger partial charge is 0.462 e. The highest BCUT2D eigenvalue weighted by atomic mass is 16.6. The van der Waals surface area contributed by atoms with Crippen LogP contribution in [-0.2, 0) is 19.1 Å². The van der Waals surface area contributed by atoms with Crippen molar-refractivity contribution in [2.24, 2.45) is 34.5 Å². The maximum absolute atomic E-state index is 12.2. The van der Waals surface area contributed by atoms with Gasteiger partial charge in [0.25, 0.3) is 0 Å². The lowest BCUT2D eigenvalue weighted by Crippen LogP contribution is -2.54. The first-order valence-electron chi connectivity index (χ1n) is 15.4. The van der Waals surface area contributed by atoms with Gasteiger partial charge in [-0.05, 0) is 74.0 Å². The van der Waals surface area contributed by atoms with Crippen molar-refractivity contribution < 1.29 is 24.2 Å². The molecule has 214 valence electrons. The van der Waals surface area contributed by atoms with Gasteiger partial charge in [-0.15, -0.1) is 0 Å². The summed E-state index contributed by atoms with van der Waals surface area (Å²) in [5.41, 5.74) is 2.37. The molecule has 0 aromatic heterocycles. The first kappa shape index (κ1) is 29.4. The van der Waals surface area contributed by atoms with Gasteiger partial charge in [0.1, 0.15) is 12.2 Å². The van der Waals surface area contributed by atoms with Crippen molar-refractivity contribution in [2.75, 3.05) is 0 Å². The molecule has 8 atom stereocenters. The van der Waals surface area contributed by atoms with Crippen molar-refractivity contribution in [3.63, 3.8) is 0 Å². The fourth-order valence-electron chi connectivity index (χ4n) is 9.23. The SMILES string of the molecule is CCC(O)(CC)CCC[C@@H](C)[C@H]1CC[C@H]2C3=CC=C4C[C@@H](OC(C)=O)C[C@H](OC(C)=O)[C@]4(C)[C@H]3CC[C@]12C. The van der Waals surface area contributed by atoms with E-state index in [1.54, 1.807) is 5.57 Å². The van der Waals surface area contributed by atoms with Crippen molar-refractivity contribution in [2.45, 2.75) is 137 Å². The Bertz CT molecular complexity index is 960. The van der Waals surface area contributed by atoms with Gasteiger partial charge < -0.3 is 14.6 Å². The van der Waals surface area contributed by atoms with E-state index in [0.29, 0.717) is 35.5 Å². The summed E-state index contributed by atoms with van der Waals surface area (Å²) in [5, 5.41) is 10.8. The van der Waals surface area contributed by atoms with E-state index in [0.717, 1.165) is 38.5 Å². The Balaban J connectivity index is 1.54. The first-order chi connectivity index (χ1) is 17.9. The minimum absolute atomic E-state index is 0.241. The van der Waals surface area contributed by atoms with Crippen LogP contribution in [0.25, 0.3) is 0 Å². The van der Waals surface area contributed by atoms with E-state index in [2.05, 4.69) is 46.8 Å². The zero-order valence-electron chi connectivity index (χ0n) is 25.0. The summed E-state index contributed by atoms with van der Waals surface area (Å²) in [7, 11) is 0. The smallest absolute Gasteiger partial charge is 0.302 e. The molecule has 0 heterocycles. The number of hydrogen-bond acceptors (Lipinski definition) is 5. The predicted molar refractivity (Wildman–Crippen MR) is 150 cm³/mol. The molecule has 0 aliphatic heterocycles. The van der Waals surface area contributed by atoms with Gasteiger partial charge in [0.05, 0.1) is 5.60 Å². The highest BCUT2D eigenvalue weighted by Crippen LogP contribution is 2.66. The van der Waals surface area contributed by atoms with Crippen LogP contribution < -0.4 is 0 Å². The number of hydrogen-bond donors (Lipinski definition) is 1. The average molecular weight is 529 g/mol. The molecule has 0 saturated heterocycles. The molecule has 0 unspecified atom stereocenters. The van der Waals surface area contributed by atoms with E-state index in [4.69, 9.17) is 9.47 Å². The Morgan fingerprint density at radius 2 is 1.74 bits per heavy atom. The van der Waals surface area contributed by atoms with Crippen molar-refractivity contribution in [3.05, 3.63) is 23.3 Å². The monoisotopic (exact) mass is 528 g/mol. The van der Waals surface area contributed by atoms with Crippen LogP contribution in [0.15, 0.2) is 23.3 Å². The number of carbonyl (C=O) groups excluding carboxylic acids is 2. The van der Waals surface area contributed by atoms with E-state index >= 15 is 0 Å². The maximum atomic E-state index is 12.2. The number of ether oxygens (including phenoxy) is 2. The van der Waals surface area contributed by atoms with E-state index in [1.165, 1.54) is 45.1 Å². The second-order valence-corrected chi connectivity index (χ2v) is 13.5. The number of aliphatic hydroxyl groups is 1. The fourth-order valence-corrected chi connectivity index (χ4v) is 9.23. The van der Waals surface area contributed by atoms with Crippen LogP contribution in [0.1, 0.15) is 119 Å². The fraction of sp³-hybridized carbons (Fsp3) is 0.818. The van der Waals surface area contributed by atoms with E-state index in [-0.39, 0.29) is 29.6 Å². The standard InChI is InChI=1S/C33H52O5/c1-8-33(36,9-2)17-10-11-21(3)27-14-15-28-26-13-12-24-19-25(37-22(4)34)20-30(38-23(5)35)32(24,7)29(26)16-18-31(27,28)6/h12-13,21,25,27-30,36H,8-11,14-20H2,1-7H3/t21-,25-,27-,28+,29+,30+,31-,32+/m1/s1. The van der Waals surface area contributed by atoms with Gasteiger partial charge >= 0.3 is 11.9 Å². The first-order valence-corrected chi connectivity index (χ1v) is 15.4. The Kier molecular flexibility index (Phi) is 8.58. The zero-order chi connectivity index (χ0) is 27.9. The Hall–Kier alpha value is -1.62. The second kappa shape index (κ2) is 11.1. The highest BCUT2D eigenvalue weighted by Gasteiger charge is 2.60. The molecule has 4 aliphatic rings.